The first-order valence-corrected chi connectivity index (χ1v) is 9.73. The minimum absolute atomic E-state index is 0.0718. The smallest absolute Gasteiger partial charge is 0.232 e. The number of carbonyl (C=O) groups is 2. The number of nitrogens with two attached hydrogens (primary N) is 1. The molecule has 2 aliphatic rings. The third-order valence-electron chi connectivity index (χ3n) is 4.70. The molecule has 0 bridgehead atoms. The summed E-state index contributed by atoms with van der Waals surface area (Å²) in [5.41, 5.74) is 7.00. The molecule has 3 heterocycles. The van der Waals surface area contributed by atoms with Crippen LogP contribution in [0, 0.1) is 0 Å². The van der Waals surface area contributed by atoms with E-state index in [4.69, 9.17) is 33.7 Å². The second-order valence-electron chi connectivity index (χ2n) is 6.72. The molecule has 4 rings (SSSR count). The van der Waals surface area contributed by atoms with Gasteiger partial charge in [0.05, 0.1) is 24.7 Å². The maximum Gasteiger partial charge on any atom is 0.232 e. The molecule has 0 saturated carbocycles. The highest BCUT2D eigenvalue weighted by Gasteiger charge is 2.35. The Labute approximate surface area is 176 Å². The number of benzene rings is 1. The number of fused-ring (bicyclic) bond motifs is 1. The lowest BCUT2D eigenvalue weighted by Crippen LogP contribution is -2.38. The number of morpholine rings is 1. The van der Waals surface area contributed by atoms with E-state index in [1.165, 1.54) is 0 Å². The minimum Gasteiger partial charge on any atom is -0.383 e. The number of amides is 2. The summed E-state index contributed by atoms with van der Waals surface area (Å²) < 4.78 is 5.33. The van der Waals surface area contributed by atoms with Gasteiger partial charge in [0.15, 0.2) is 0 Å². The first-order valence-electron chi connectivity index (χ1n) is 8.97. The number of hydrogen-bond donors (Lipinski definition) is 3. The van der Waals surface area contributed by atoms with Crippen molar-refractivity contribution in [2.45, 2.75) is 12.3 Å². The summed E-state index contributed by atoms with van der Waals surface area (Å²) >= 11 is 12.0. The van der Waals surface area contributed by atoms with Crippen molar-refractivity contribution in [2.75, 3.05) is 47.6 Å². The summed E-state index contributed by atoms with van der Waals surface area (Å²) in [6, 6.07) is 4.69. The van der Waals surface area contributed by atoms with Gasteiger partial charge in [-0.3, -0.25) is 9.59 Å². The van der Waals surface area contributed by atoms with E-state index in [9.17, 15) is 9.59 Å². The lowest BCUT2D eigenvalue weighted by Gasteiger charge is -2.30. The van der Waals surface area contributed by atoms with Crippen molar-refractivity contribution in [3.05, 3.63) is 33.8 Å². The highest BCUT2D eigenvalue weighted by atomic mass is 35.5. The van der Waals surface area contributed by atoms with Crippen molar-refractivity contribution in [3.63, 3.8) is 0 Å². The van der Waals surface area contributed by atoms with Gasteiger partial charge in [-0.15, -0.1) is 0 Å². The van der Waals surface area contributed by atoms with E-state index in [-0.39, 0.29) is 24.0 Å². The normalized spacial score (nSPS) is 18.8. The number of anilines is 4. The minimum atomic E-state index is -0.838. The monoisotopic (exact) mass is 436 g/mol. The van der Waals surface area contributed by atoms with Gasteiger partial charge in [-0.2, -0.15) is 9.97 Å². The number of nitrogens with zero attached hydrogens (tertiary/aromatic N) is 3. The molecule has 2 amide bonds. The predicted octanol–water partition coefficient (Wildman–Crippen LogP) is 2.27. The van der Waals surface area contributed by atoms with Crippen LogP contribution >= 0.6 is 23.2 Å². The molecule has 1 aromatic heterocycles. The molecule has 4 N–H and O–H groups in total. The standard InChI is InChI=1S/C18H18Cl2N6O3/c19-9-5-10(20)7-11(6-9)22-17(28)12-8-13(27)23-16-14(12)15(21)24-18(25-16)26-1-3-29-4-2-26/h5-7,12H,1-4,8H2,(H,22,28)(H3,21,23,24,25,27)/t12-/m0/s1. The Hall–Kier alpha value is -2.62. The van der Waals surface area contributed by atoms with E-state index in [1.54, 1.807) is 18.2 Å². The Morgan fingerprint density at radius 3 is 2.59 bits per heavy atom. The lowest BCUT2D eigenvalue weighted by molar-refractivity contribution is -0.123. The highest BCUT2D eigenvalue weighted by Crippen LogP contribution is 2.37. The largest absolute Gasteiger partial charge is 0.383 e. The van der Waals surface area contributed by atoms with Crippen LogP contribution in [0.15, 0.2) is 18.2 Å². The van der Waals surface area contributed by atoms with Gasteiger partial charge in [0.1, 0.15) is 11.6 Å². The molecular weight excluding hydrogens is 419 g/mol. The van der Waals surface area contributed by atoms with Gasteiger partial charge in [0, 0.05) is 35.2 Å². The number of rotatable bonds is 3. The summed E-state index contributed by atoms with van der Waals surface area (Å²) in [4.78, 5) is 35.9. The van der Waals surface area contributed by atoms with Crippen LogP contribution in [0.1, 0.15) is 17.9 Å². The second-order valence-corrected chi connectivity index (χ2v) is 7.60. The molecule has 1 aromatic carbocycles. The van der Waals surface area contributed by atoms with Crippen LogP contribution in [0.25, 0.3) is 0 Å². The van der Waals surface area contributed by atoms with Gasteiger partial charge in [-0.1, -0.05) is 23.2 Å². The lowest BCUT2D eigenvalue weighted by atomic mass is 9.92. The molecule has 1 fully saturated rings. The van der Waals surface area contributed by atoms with Crippen LogP contribution in [-0.2, 0) is 14.3 Å². The average molecular weight is 437 g/mol. The van der Waals surface area contributed by atoms with Crippen molar-refractivity contribution >= 4 is 58.3 Å². The second kappa shape index (κ2) is 8.02. The van der Waals surface area contributed by atoms with Crippen LogP contribution in [-0.4, -0.2) is 48.1 Å². The zero-order chi connectivity index (χ0) is 20.5. The van der Waals surface area contributed by atoms with Gasteiger partial charge in [-0.25, -0.2) is 0 Å². The van der Waals surface area contributed by atoms with Gasteiger partial charge in [0.2, 0.25) is 17.8 Å². The van der Waals surface area contributed by atoms with Crippen molar-refractivity contribution in [1.82, 2.24) is 9.97 Å². The molecule has 0 spiro atoms. The molecular formula is C18H18Cl2N6O3. The number of nitrogen functional groups attached to an aromatic ring is 1. The molecule has 1 atom stereocenters. The zero-order valence-electron chi connectivity index (χ0n) is 15.2. The number of halogens is 2. The predicted molar refractivity (Wildman–Crippen MR) is 111 cm³/mol. The molecule has 2 aliphatic heterocycles. The Kier molecular flexibility index (Phi) is 5.44. The third kappa shape index (κ3) is 4.21. The summed E-state index contributed by atoms with van der Waals surface area (Å²) in [7, 11) is 0. The van der Waals surface area contributed by atoms with E-state index in [1.807, 2.05) is 4.90 Å². The van der Waals surface area contributed by atoms with Crippen molar-refractivity contribution < 1.29 is 14.3 Å². The van der Waals surface area contributed by atoms with E-state index in [0.717, 1.165) is 0 Å². The van der Waals surface area contributed by atoms with Crippen molar-refractivity contribution in [1.29, 1.82) is 0 Å². The number of aromatic nitrogens is 2. The number of nitrogens with one attached hydrogen (secondary N) is 2. The van der Waals surface area contributed by atoms with E-state index in [0.29, 0.717) is 53.5 Å². The highest BCUT2D eigenvalue weighted by molar-refractivity contribution is 6.35. The van der Waals surface area contributed by atoms with E-state index < -0.39 is 11.8 Å². The van der Waals surface area contributed by atoms with Crippen LogP contribution in [0.4, 0.5) is 23.3 Å². The van der Waals surface area contributed by atoms with Crippen molar-refractivity contribution in [3.8, 4) is 0 Å². The number of hydrogen-bond acceptors (Lipinski definition) is 7. The van der Waals surface area contributed by atoms with E-state index in [2.05, 4.69) is 20.6 Å². The van der Waals surface area contributed by atoms with Crippen LogP contribution in [0.5, 0.6) is 0 Å². The summed E-state index contributed by atoms with van der Waals surface area (Å²) in [5.74, 6) is -0.787. The van der Waals surface area contributed by atoms with Gasteiger partial charge in [-0.05, 0) is 18.2 Å². The quantitative estimate of drug-likeness (QED) is 0.673. The van der Waals surface area contributed by atoms with Gasteiger partial charge >= 0.3 is 0 Å². The fraction of sp³-hybridized carbons (Fsp3) is 0.333. The Morgan fingerprint density at radius 1 is 1.21 bits per heavy atom. The van der Waals surface area contributed by atoms with Crippen LogP contribution in [0.2, 0.25) is 10.0 Å². The summed E-state index contributed by atoms with van der Waals surface area (Å²) in [5, 5.41) is 6.20. The van der Waals surface area contributed by atoms with Crippen molar-refractivity contribution in [2.24, 2.45) is 0 Å². The van der Waals surface area contributed by atoms with Crippen LogP contribution in [0.3, 0.4) is 0 Å². The summed E-state index contributed by atoms with van der Waals surface area (Å²) in [6.07, 6.45) is -0.0718. The van der Waals surface area contributed by atoms with Gasteiger partial charge in [0.25, 0.3) is 0 Å². The Balaban J connectivity index is 1.64. The average Bonchev–Trinajstić information content (AvgIpc) is 2.66. The molecule has 0 unspecified atom stereocenters. The Morgan fingerprint density at radius 2 is 1.90 bits per heavy atom. The molecule has 0 radical (unpaired) electrons. The van der Waals surface area contributed by atoms with Crippen LogP contribution < -0.4 is 21.3 Å². The molecule has 9 nitrogen and oxygen atoms in total. The molecule has 29 heavy (non-hydrogen) atoms. The third-order valence-corrected chi connectivity index (χ3v) is 5.14. The maximum absolute atomic E-state index is 12.9. The number of ether oxygens (including phenoxy) is 1. The zero-order valence-corrected chi connectivity index (χ0v) is 16.8. The van der Waals surface area contributed by atoms with E-state index >= 15 is 0 Å². The molecule has 2 aromatic rings. The molecule has 11 heteroatoms. The SMILES string of the molecule is Nc1nc(N2CCOCC2)nc2c1[C@@H](C(=O)Nc1cc(Cl)cc(Cl)c1)CC(=O)N2. The van der Waals surface area contributed by atoms with Gasteiger partial charge < -0.3 is 26.0 Å². The number of carbonyl (C=O) groups excluding carboxylic acids is 2. The molecule has 152 valence electrons. The molecule has 1 saturated heterocycles. The first-order chi connectivity index (χ1) is 13.9. The fourth-order valence-corrected chi connectivity index (χ4v) is 3.89. The summed E-state index contributed by atoms with van der Waals surface area (Å²) in [6.45, 7) is 2.34. The Bertz CT molecular complexity index is 960. The first kappa shape index (κ1) is 19.7. The topological polar surface area (TPSA) is 122 Å². The molecule has 0 aliphatic carbocycles. The fourth-order valence-electron chi connectivity index (χ4n) is 3.37. The maximum atomic E-state index is 12.9.